The van der Waals surface area contributed by atoms with Crippen LogP contribution >= 0.6 is 23.2 Å². The van der Waals surface area contributed by atoms with Gasteiger partial charge >= 0.3 is 0 Å². The predicted octanol–water partition coefficient (Wildman–Crippen LogP) is 2.16. The molecule has 5 heteroatoms. The van der Waals surface area contributed by atoms with Gasteiger partial charge in [-0.2, -0.15) is 0 Å². The third-order valence-corrected chi connectivity index (χ3v) is 2.84. The normalized spacial score (nSPS) is 25.9. The molecule has 1 amide bonds. The van der Waals surface area contributed by atoms with Crippen LogP contribution in [0.3, 0.4) is 0 Å². The molecular weight excluding hydrogens is 225 g/mol. The minimum Gasteiger partial charge on any atom is -0.354 e. The van der Waals surface area contributed by atoms with Gasteiger partial charge in [0.1, 0.15) is 5.72 Å². The van der Waals surface area contributed by atoms with Crippen molar-refractivity contribution in [3.63, 3.8) is 0 Å². The Balaban J connectivity index is 2.85. The number of carbonyl (C=O) groups is 1. The van der Waals surface area contributed by atoms with Gasteiger partial charge in [0.05, 0.1) is 12.6 Å². The predicted molar refractivity (Wildman–Crippen MR) is 56.5 cm³/mol. The van der Waals surface area contributed by atoms with E-state index in [-0.39, 0.29) is 11.9 Å². The standard InChI is InChI=1S/C9H15Cl2NO2/c1-4-6-5-14-9(2,3)12(6)8(13)7(10)11/h6-7H,4-5H2,1-3H3/t6-/m0/s1. The summed E-state index contributed by atoms with van der Waals surface area (Å²) in [5, 5.41) is 0. The van der Waals surface area contributed by atoms with Gasteiger partial charge in [0, 0.05) is 0 Å². The van der Waals surface area contributed by atoms with Crippen LogP contribution in [0, 0.1) is 0 Å². The Morgan fingerprint density at radius 3 is 2.64 bits per heavy atom. The van der Waals surface area contributed by atoms with Crippen LogP contribution in [-0.2, 0) is 9.53 Å². The highest BCUT2D eigenvalue weighted by Gasteiger charge is 2.44. The summed E-state index contributed by atoms with van der Waals surface area (Å²) in [7, 11) is 0. The van der Waals surface area contributed by atoms with Gasteiger partial charge in [-0.3, -0.25) is 4.79 Å². The Labute approximate surface area is 94.3 Å². The first-order valence-corrected chi connectivity index (χ1v) is 5.52. The number of ether oxygens (including phenoxy) is 1. The second-order valence-corrected chi connectivity index (χ2v) is 4.93. The fourth-order valence-electron chi connectivity index (χ4n) is 1.73. The summed E-state index contributed by atoms with van der Waals surface area (Å²) in [6, 6.07) is 0.0810. The van der Waals surface area contributed by atoms with E-state index in [2.05, 4.69) is 0 Å². The maximum absolute atomic E-state index is 11.7. The molecule has 0 saturated carbocycles. The fraction of sp³-hybridized carbons (Fsp3) is 0.889. The van der Waals surface area contributed by atoms with Gasteiger partial charge in [-0.05, 0) is 20.3 Å². The van der Waals surface area contributed by atoms with Crippen LogP contribution in [0.2, 0.25) is 0 Å². The van der Waals surface area contributed by atoms with Crippen molar-refractivity contribution in [2.75, 3.05) is 6.61 Å². The molecule has 1 aliphatic heterocycles. The maximum atomic E-state index is 11.7. The van der Waals surface area contributed by atoms with E-state index in [1.165, 1.54) is 0 Å². The summed E-state index contributed by atoms with van der Waals surface area (Å²) in [4.78, 5) is 12.3. The molecule has 1 saturated heterocycles. The van der Waals surface area contributed by atoms with E-state index in [1.54, 1.807) is 4.90 Å². The Hall–Kier alpha value is 0.01000. The molecule has 0 unspecified atom stereocenters. The van der Waals surface area contributed by atoms with Gasteiger partial charge in [0.15, 0.2) is 4.84 Å². The minimum atomic E-state index is -1.01. The maximum Gasteiger partial charge on any atom is 0.258 e. The molecular formula is C9H15Cl2NO2. The van der Waals surface area contributed by atoms with Gasteiger partial charge < -0.3 is 9.64 Å². The molecule has 82 valence electrons. The van der Waals surface area contributed by atoms with Crippen LogP contribution in [0.25, 0.3) is 0 Å². The Bertz CT molecular complexity index is 231. The van der Waals surface area contributed by atoms with E-state index < -0.39 is 10.6 Å². The number of hydrogen-bond donors (Lipinski definition) is 0. The second-order valence-electron chi connectivity index (χ2n) is 3.83. The molecule has 0 radical (unpaired) electrons. The zero-order valence-electron chi connectivity index (χ0n) is 8.59. The third kappa shape index (κ3) is 2.15. The van der Waals surface area contributed by atoms with Crippen molar-refractivity contribution in [2.24, 2.45) is 0 Å². The van der Waals surface area contributed by atoms with E-state index >= 15 is 0 Å². The number of hydrogen-bond acceptors (Lipinski definition) is 2. The molecule has 0 spiro atoms. The number of alkyl halides is 2. The summed E-state index contributed by atoms with van der Waals surface area (Å²) in [6.07, 6.45) is 0.843. The molecule has 0 aromatic heterocycles. The molecule has 0 bridgehead atoms. The molecule has 3 nitrogen and oxygen atoms in total. The number of amides is 1. The van der Waals surface area contributed by atoms with Crippen LogP contribution in [0.5, 0.6) is 0 Å². The monoisotopic (exact) mass is 239 g/mol. The Morgan fingerprint density at radius 2 is 2.21 bits per heavy atom. The molecule has 1 rings (SSSR count). The molecule has 0 aromatic rings. The van der Waals surface area contributed by atoms with Crippen molar-refractivity contribution in [3.8, 4) is 0 Å². The van der Waals surface area contributed by atoms with Gasteiger partial charge in [0.2, 0.25) is 0 Å². The average Bonchev–Trinajstić information content (AvgIpc) is 2.39. The quantitative estimate of drug-likeness (QED) is 0.692. The number of nitrogens with zero attached hydrogens (tertiary/aromatic N) is 1. The Morgan fingerprint density at radius 1 is 1.64 bits per heavy atom. The lowest BCUT2D eigenvalue weighted by Crippen LogP contribution is -2.49. The number of carbonyl (C=O) groups excluding carboxylic acids is 1. The lowest BCUT2D eigenvalue weighted by molar-refractivity contribution is -0.144. The first kappa shape index (κ1) is 12.1. The van der Waals surface area contributed by atoms with Crippen LogP contribution in [0.15, 0.2) is 0 Å². The van der Waals surface area contributed by atoms with E-state index in [9.17, 15) is 4.79 Å². The first-order chi connectivity index (χ1) is 6.40. The molecule has 1 fully saturated rings. The summed E-state index contributed by atoms with van der Waals surface area (Å²) < 4.78 is 5.52. The highest BCUT2D eigenvalue weighted by Crippen LogP contribution is 2.30. The van der Waals surface area contributed by atoms with E-state index in [0.29, 0.717) is 6.61 Å². The molecule has 14 heavy (non-hydrogen) atoms. The van der Waals surface area contributed by atoms with Crippen LogP contribution in [0.1, 0.15) is 27.2 Å². The third-order valence-electron chi connectivity index (χ3n) is 2.47. The summed E-state index contributed by atoms with van der Waals surface area (Å²) in [5.74, 6) is -0.275. The Kier molecular flexibility index (Phi) is 3.67. The highest BCUT2D eigenvalue weighted by atomic mass is 35.5. The van der Waals surface area contributed by atoms with Crippen molar-refractivity contribution in [2.45, 2.75) is 43.8 Å². The van der Waals surface area contributed by atoms with Crippen molar-refractivity contribution in [3.05, 3.63) is 0 Å². The van der Waals surface area contributed by atoms with Crippen LogP contribution < -0.4 is 0 Å². The zero-order chi connectivity index (χ0) is 10.9. The van der Waals surface area contributed by atoms with Gasteiger partial charge in [-0.1, -0.05) is 30.1 Å². The van der Waals surface area contributed by atoms with Gasteiger partial charge in [-0.15, -0.1) is 0 Å². The van der Waals surface area contributed by atoms with E-state index in [4.69, 9.17) is 27.9 Å². The summed E-state index contributed by atoms with van der Waals surface area (Å²) >= 11 is 11.2. The van der Waals surface area contributed by atoms with Crippen molar-refractivity contribution >= 4 is 29.1 Å². The largest absolute Gasteiger partial charge is 0.354 e. The molecule has 0 N–H and O–H groups in total. The van der Waals surface area contributed by atoms with E-state index in [0.717, 1.165) is 6.42 Å². The molecule has 0 aromatic carbocycles. The molecule has 1 atom stereocenters. The molecule has 1 heterocycles. The van der Waals surface area contributed by atoms with Gasteiger partial charge in [0.25, 0.3) is 5.91 Å². The zero-order valence-corrected chi connectivity index (χ0v) is 10.1. The molecule has 0 aliphatic carbocycles. The van der Waals surface area contributed by atoms with Gasteiger partial charge in [-0.25, -0.2) is 0 Å². The topological polar surface area (TPSA) is 29.5 Å². The van der Waals surface area contributed by atoms with Crippen molar-refractivity contribution in [1.82, 2.24) is 4.90 Å². The lowest BCUT2D eigenvalue weighted by atomic mass is 10.1. The van der Waals surface area contributed by atoms with Crippen molar-refractivity contribution in [1.29, 1.82) is 0 Å². The first-order valence-electron chi connectivity index (χ1n) is 4.65. The highest BCUT2D eigenvalue weighted by molar-refractivity contribution is 6.53. The number of rotatable bonds is 2. The average molecular weight is 240 g/mol. The van der Waals surface area contributed by atoms with Crippen molar-refractivity contribution < 1.29 is 9.53 Å². The SMILES string of the molecule is CC[C@H]1COC(C)(C)N1C(=O)C(Cl)Cl. The van der Waals surface area contributed by atoms with Crippen LogP contribution in [-0.4, -0.2) is 34.0 Å². The van der Waals surface area contributed by atoms with E-state index in [1.807, 2.05) is 20.8 Å². The summed E-state index contributed by atoms with van der Waals surface area (Å²) in [5.41, 5.74) is -0.597. The lowest BCUT2D eigenvalue weighted by Gasteiger charge is -2.33. The van der Waals surface area contributed by atoms with Crippen LogP contribution in [0.4, 0.5) is 0 Å². The molecule has 1 aliphatic rings. The number of halogens is 2. The minimum absolute atomic E-state index is 0.0810. The second kappa shape index (κ2) is 4.25. The smallest absolute Gasteiger partial charge is 0.258 e. The fourth-order valence-corrected chi connectivity index (χ4v) is 1.95. The summed E-state index contributed by atoms with van der Waals surface area (Å²) in [6.45, 7) is 6.25.